The van der Waals surface area contributed by atoms with Gasteiger partial charge in [-0.3, -0.25) is 20.2 Å². The molecule has 0 fully saturated rings. The van der Waals surface area contributed by atoms with Crippen molar-refractivity contribution in [2.45, 2.75) is 6.42 Å². The van der Waals surface area contributed by atoms with Crippen molar-refractivity contribution in [3.63, 3.8) is 0 Å². The summed E-state index contributed by atoms with van der Waals surface area (Å²) in [6.07, 6.45) is 2.88. The Balaban J connectivity index is 1.46. The van der Waals surface area contributed by atoms with Crippen molar-refractivity contribution in [2.75, 3.05) is 0 Å². The van der Waals surface area contributed by atoms with Crippen LogP contribution in [0, 0.1) is 20.2 Å². The molecule has 0 bridgehead atoms. The Morgan fingerprint density at radius 2 is 1.37 bits per heavy atom. The lowest BCUT2D eigenvalue weighted by Gasteiger charge is -2.02. The minimum Gasteiger partial charge on any atom is -0.355 e. The zero-order valence-electron chi connectivity index (χ0n) is 15.7. The largest absolute Gasteiger partial charge is 0.355 e. The van der Waals surface area contributed by atoms with E-state index in [1.54, 1.807) is 24.3 Å². The molecule has 3 aromatic carbocycles. The highest BCUT2D eigenvalue weighted by atomic mass is 16.6. The number of rotatable bonds is 4. The molecular formula is C23H15N3O4. The molecule has 1 aromatic heterocycles. The molecule has 1 aliphatic rings. The van der Waals surface area contributed by atoms with Gasteiger partial charge in [0.1, 0.15) is 0 Å². The smallest absolute Gasteiger partial charge is 0.269 e. The van der Waals surface area contributed by atoms with Crippen LogP contribution in [0.4, 0.5) is 11.4 Å². The molecule has 0 atom stereocenters. The van der Waals surface area contributed by atoms with Crippen LogP contribution in [0.1, 0.15) is 16.7 Å². The number of non-ortho nitro benzene ring substituents is 2. The summed E-state index contributed by atoms with van der Waals surface area (Å²) in [5, 5.41) is 22.8. The molecule has 7 nitrogen and oxygen atoms in total. The van der Waals surface area contributed by atoms with Gasteiger partial charge in [-0.1, -0.05) is 6.08 Å². The number of allylic oxidation sites excluding steroid dienone is 1. The number of H-pyrrole nitrogens is 1. The van der Waals surface area contributed by atoms with Crippen molar-refractivity contribution in [3.05, 3.63) is 104 Å². The number of benzene rings is 3. The zero-order valence-corrected chi connectivity index (χ0v) is 15.7. The van der Waals surface area contributed by atoms with Gasteiger partial charge >= 0.3 is 0 Å². The second-order valence-electron chi connectivity index (χ2n) is 7.28. The van der Waals surface area contributed by atoms with Gasteiger partial charge in [-0.2, -0.15) is 0 Å². The van der Waals surface area contributed by atoms with Crippen molar-refractivity contribution >= 4 is 33.9 Å². The average molecular weight is 397 g/mol. The Morgan fingerprint density at radius 1 is 0.767 bits per heavy atom. The van der Waals surface area contributed by atoms with Crippen LogP contribution < -0.4 is 0 Å². The SMILES string of the molecule is O=[N+]([O-])c1ccc(C2=Cc3cc4[nH]c(-c5ccc([N+](=O)[O-])cc5)cc4cc3C2)cc1. The van der Waals surface area contributed by atoms with Crippen LogP contribution in [0.3, 0.4) is 0 Å². The average Bonchev–Trinajstić information content (AvgIpc) is 3.35. The van der Waals surface area contributed by atoms with Crippen LogP contribution in [0.15, 0.2) is 66.7 Å². The van der Waals surface area contributed by atoms with E-state index in [0.717, 1.165) is 45.3 Å². The van der Waals surface area contributed by atoms with Crippen molar-refractivity contribution in [1.29, 1.82) is 0 Å². The first-order valence-electron chi connectivity index (χ1n) is 9.34. The van der Waals surface area contributed by atoms with E-state index >= 15 is 0 Å². The first-order valence-corrected chi connectivity index (χ1v) is 9.34. The molecule has 0 unspecified atom stereocenters. The van der Waals surface area contributed by atoms with Gasteiger partial charge in [-0.05, 0) is 76.7 Å². The molecule has 5 rings (SSSR count). The van der Waals surface area contributed by atoms with Crippen molar-refractivity contribution < 1.29 is 9.85 Å². The van der Waals surface area contributed by atoms with Crippen LogP contribution in [-0.2, 0) is 6.42 Å². The van der Waals surface area contributed by atoms with E-state index in [0.29, 0.717) is 0 Å². The topological polar surface area (TPSA) is 102 Å². The fourth-order valence-electron chi connectivity index (χ4n) is 3.88. The molecule has 4 aromatic rings. The number of fused-ring (bicyclic) bond motifs is 2. The van der Waals surface area contributed by atoms with Gasteiger partial charge in [-0.25, -0.2) is 0 Å². The molecule has 0 spiro atoms. The minimum absolute atomic E-state index is 0.0674. The molecule has 30 heavy (non-hydrogen) atoms. The third-order valence-electron chi connectivity index (χ3n) is 5.43. The quantitative estimate of drug-likeness (QED) is 0.350. The second kappa shape index (κ2) is 6.66. The highest BCUT2D eigenvalue weighted by Crippen LogP contribution is 2.36. The minimum atomic E-state index is -0.408. The highest BCUT2D eigenvalue weighted by molar-refractivity contribution is 5.95. The molecule has 0 amide bonds. The van der Waals surface area contributed by atoms with Gasteiger partial charge < -0.3 is 4.98 Å². The van der Waals surface area contributed by atoms with E-state index in [9.17, 15) is 20.2 Å². The summed E-state index contributed by atoms with van der Waals surface area (Å²) >= 11 is 0. The number of hydrogen-bond donors (Lipinski definition) is 1. The monoisotopic (exact) mass is 397 g/mol. The first kappa shape index (κ1) is 17.8. The van der Waals surface area contributed by atoms with Gasteiger partial charge in [0.15, 0.2) is 0 Å². The number of aromatic amines is 1. The molecular weight excluding hydrogens is 382 g/mol. The summed E-state index contributed by atoms with van der Waals surface area (Å²) in [5.41, 5.74) is 7.36. The maximum atomic E-state index is 10.9. The van der Waals surface area contributed by atoms with E-state index in [4.69, 9.17) is 0 Å². The lowest BCUT2D eigenvalue weighted by molar-refractivity contribution is -0.385. The Hall–Kier alpha value is -4.26. The second-order valence-corrected chi connectivity index (χ2v) is 7.28. The summed E-state index contributed by atoms with van der Waals surface area (Å²) < 4.78 is 0. The van der Waals surface area contributed by atoms with Crippen LogP contribution in [0.5, 0.6) is 0 Å². The van der Waals surface area contributed by atoms with E-state index in [1.807, 2.05) is 6.07 Å². The van der Waals surface area contributed by atoms with Gasteiger partial charge in [0.2, 0.25) is 0 Å². The van der Waals surface area contributed by atoms with E-state index in [-0.39, 0.29) is 11.4 Å². The Kier molecular flexibility index (Phi) is 3.96. The predicted molar refractivity (Wildman–Crippen MR) is 115 cm³/mol. The van der Waals surface area contributed by atoms with Crippen LogP contribution in [0.25, 0.3) is 33.8 Å². The number of nitrogens with one attached hydrogen (secondary N) is 1. The number of aromatic nitrogens is 1. The lowest BCUT2D eigenvalue weighted by Crippen LogP contribution is -1.89. The molecule has 0 aliphatic heterocycles. The maximum Gasteiger partial charge on any atom is 0.269 e. The molecule has 1 N–H and O–H groups in total. The Labute approximate surface area is 170 Å². The van der Waals surface area contributed by atoms with E-state index < -0.39 is 9.85 Å². The first-order chi connectivity index (χ1) is 14.5. The Bertz CT molecular complexity index is 1350. The van der Waals surface area contributed by atoms with E-state index in [2.05, 4.69) is 23.2 Å². The molecule has 0 saturated carbocycles. The third kappa shape index (κ3) is 3.02. The fraction of sp³-hybridized carbons (Fsp3) is 0.0435. The number of nitro benzene ring substituents is 2. The van der Waals surface area contributed by atoms with Gasteiger partial charge in [-0.15, -0.1) is 0 Å². The number of nitrogens with zero attached hydrogens (tertiary/aromatic N) is 2. The van der Waals surface area contributed by atoms with E-state index in [1.165, 1.54) is 29.8 Å². The van der Waals surface area contributed by atoms with Gasteiger partial charge in [0, 0.05) is 40.9 Å². The fourth-order valence-corrected chi connectivity index (χ4v) is 3.88. The summed E-state index contributed by atoms with van der Waals surface area (Å²) in [4.78, 5) is 24.3. The standard InChI is InChI=1S/C23H15N3O4/c27-25(28)20-5-1-14(2-6-20)16-9-17-11-19-13-22(24-23(19)12-18(17)10-16)15-3-7-21(8-4-15)26(29)30/h1-8,10-13,24H,9H2. The summed E-state index contributed by atoms with van der Waals surface area (Å²) in [5.74, 6) is 0. The Morgan fingerprint density at radius 3 is 1.97 bits per heavy atom. The third-order valence-corrected chi connectivity index (χ3v) is 5.43. The van der Waals surface area contributed by atoms with Crippen molar-refractivity contribution in [3.8, 4) is 11.3 Å². The number of nitro groups is 2. The predicted octanol–water partition coefficient (Wildman–Crippen LogP) is 5.75. The van der Waals surface area contributed by atoms with Crippen molar-refractivity contribution in [2.24, 2.45) is 0 Å². The summed E-state index contributed by atoms with van der Waals surface area (Å²) in [7, 11) is 0. The van der Waals surface area contributed by atoms with Crippen LogP contribution >= 0.6 is 0 Å². The molecule has 1 aliphatic carbocycles. The molecule has 146 valence electrons. The molecule has 7 heteroatoms. The molecule has 0 saturated heterocycles. The van der Waals surface area contributed by atoms with Crippen molar-refractivity contribution in [1.82, 2.24) is 4.98 Å². The van der Waals surface area contributed by atoms with Gasteiger partial charge in [0.05, 0.1) is 9.85 Å². The molecule has 0 radical (unpaired) electrons. The van der Waals surface area contributed by atoms with Gasteiger partial charge in [0.25, 0.3) is 11.4 Å². The maximum absolute atomic E-state index is 10.9. The van der Waals surface area contributed by atoms with Crippen LogP contribution in [0.2, 0.25) is 0 Å². The normalized spacial score (nSPS) is 12.6. The zero-order chi connectivity index (χ0) is 20.8. The highest BCUT2D eigenvalue weighted by Gasteiger charge is 2.17. The number of hydrogen-bond acceptors (Lipinski definition) is 4. The summed E-state index contributed by atoms with van der Waals surface area (Å²) in [6.45, 7) is 0. The lowest BCUT2D eigenvalue weighted by atomic mass is 10.0. The summed E-state index contributed by atoms with van der Waals surface area (Å²) in [6, 6.07) is 19.4. The van der Waals surface area contributed by atoms with Crippen LogP contribution in [-0.4, -0.2) is 14.8 Å². The molecule has 1 heterocycles.